The van der Waals surface area contributed by atoms with Gasteiger partial charge >= 0.3 is 0 Å². The van der Waals surface area contributed by atoms with Gasteiger partial charge in [-0.15, -0.1) is 0 Å². The quantitative estimate of drug-likeness (QED) is 0.236. The largest absolute Gasteiger partial charge is 0.318 e. The van der Waals surface area contributed by atoms with E-state index in [4.69, 9.17) is 0 Å². The molecular formula is C21H19IN4O3. The molecule has 2 aromatic carbocycles. The summed E-state index contributed by atoms with van der Waals surface area (Å²) in [6, 6.07) is 16.3. The van der Waals surface area contributed by atoms with Crippen molar-refractivity contribution in [1.29, 1.82) is 0 Å². The van der Waals surface area contributed by atoms with E-state index in [2.05, 4.69) is 43.8 Å². The van der Waals surface area contributed by atoms with Crippen molar-refractivity contribution in [3.63, 3.8) is 0 Å². The lowest BCUT2D eigenvalue weighted by atomic mass is 10.1. The van der Waals surface area contributed by atoms with Crippen molar-refractivity contribution in [3.05, 3.63) is 90.8 Å². The van der Waals surface area contributed by atoms with Crippen LogP contribution in [0.1, 0.15) is 22.5 Å². The van der Waals surface area contributed by atoms with E-state index in [1.165, 1.54) is 6.07 Å². The molecule has 0 spiro atoms. The van der Waals surface area contributed by atoms with Crippen molar-refractivity contribution >= 4 is 40.4 Å². The number of nitrogens with one attached hydrogen (secondary N) is 1. The Hall–Kier alpha value is -3.01. The molecule has 8 heteroatoms. The molecular weight excluding hydrogens is 483 g/mol. The number of rotatable bonds is 6. The van der Waals surface area contributed by atoms with Gasteiger partial charge in [0.25, 0.3) is 5.69 Å². The predicted molar refractivity (Wildman–Crippen MR) is 120 cm³/mol. The standard InChI is InChI=1S/C21H19IN4O3/c1-14-10-17(15(2)25(14)19-8-5-7-18(22)12-19)13-23-24-21(27)11-16-6-3-4-9-20(16)26(28)29/h3-10,12-13H,11H2,1-2H3,(H,24,27)/b23-13+. The minimum absolute atomic E-state index is 0.0762. The number of para-hydroxylation sites is 1. The highest BCUT2D eigenvalue weighted by Crippen LogP contribution is 2.21. The van der Waals surface area contributed by atoms with E-state index in [0.717, 1.165) is 26.2 Å². The molecule has 1 N–H and O–H groups in total. The van der Waals surface area contributed by atoms with Gasteiger partial charge in [0.2, 0.25) is 5.91 Å². The summed E-state index contributed by atoms with van der Waals surface area (Å²) in [6.07, 6.45) is 1.47. The Morgan fingerprint density at radius 3 is 2.69 bits per heavy atom. The Bertz CT molecular complexity index is 1110. The number of benzene rings is 2. The van der Waals surface area contributed by atoms with Gasteiger partial charge in [-0.1, -0.05) is 24.3 Å². The van der Waals surface area contributed by atoms with Gasteiger partial charge in [0, 0.05) is 37.8 Å². The van der Waals surface area contributed by atoms with Gasteiger partial charge < -0.3 is 4.57 Å². The maximum Gasteiger partial charge on any atom is 0.273 e. The Morgan fingerprint density at radius 2 is 1.97 bits per heavy atom. The first kappa shape index (κ1) is 20.7. The van der Waals surface area contributed by atoms with Crippen LogP contribution >= 0.6 is 22.6 Å². The second kappa shape index (κ2) is 8.99. The fraction of sp³-hybridized carbons (Fsp3) is 0.143. The fourth-order valence-electron chi connectivity index (χ4n) is 3.16. The number of aromatic nitrogens is 1. The number of aryl methyl sites for hydroxylation is 1. The summed E-state index contributed by atoms with van der Waals surface area (Å²) in [5.41, 5.74) is 6.72. The molecule has 148 valence electrons. The highest BCUT2D eigenvalue weighted by molar-refractivity contribution is 14.1. The number of hydrogen-bond acceptors (Lipinski definition) is 4. The normalized spacial score (nSPS) is 11.0. The summed E-state index contributed by atoms with van der Waals surface area (Å²) in [5, 5.41) is 15.1. The molecule has 3 aromatic rings. The van der Waals surface area contributed by atoms with E-state index in [1.54, 1.807) is 24.4 Å². The van der Waals surface area contributed by atoms with Crippen LogP contribution < -0.4 is 5.43 Å². The highest BCUT2D eigenvalue weighted by Gasteiger charge is 2.15. The summed E-state index contributed by atoms with van der Waals surface area (Å²) in [6.45, 7) is 4.00. The molecule has 0 aliphatic heterocycles. The van der Waals surface area contributed by atoms with Crippen molar-refractivity contribution < 1.29 is 9.72 Å². The molecule has 0 radical (unpaired) electrons. The molecule has 0 unspecified atom stereocenters. The summed E-state index contributed by atoms with van der Waals surface area (Å²) in [5.74, 6) is -0.415. The van der Waals surface area contributed by atoms with E-state index in [1.807, 2.05) is 38.1 Å². The average Bonchev–Trinajstić information content (AvgIpc) is 2.95. The molecule has 0 bridgehead atoms. The van der Waals surface area contributed by atoms with Crippen LogP contribution in [0.15, 0.2) is 59.7 Å². The van der Waals surface area contributed by atoms with Crippen molar-refractivity contribution in [2.45, 2.75) is 20.3 Å². The third-order valence-electron chi connectivity index (χ3n) is 4.47. The number of nitrogens with zero attached hydrogens (tertiary/aromatic N) is 3. The SMILES string of the molecule is Cc1cc(/C=N/NC(=O)Cc2ccccc2[N+](=O)[O-])c(C)n1-c1cccc(I)c1. The number of halogens is 1. The Kier molecular flexibility index (Phi) is 6.42. The molecule has 29 heavy (non-hydrogen) atoms. The van der Waals surface area contributed by atoms with Crippen LogP contribution in [-0.2, 0) is 11.2 Å². The monoisotopic (exact) mass is 502 g/mol. The molecule has 3 rings (SSSR count). The van der Waals surface area contributed by atoms with Gasteiger partial charge in [-0.3, -0.25) is 14.9 Å². The van der Waals surface area contributed by atoms with E-state index in [0.29, 0.717) is 5.56 Å². The molecule has 0 aliphatic carbocycles. The minimum Gasteiger partial charge on any atom is -0.318 e. The molecule has 1 heterocycles. The van der Waals surface area contributed by atoms with Crippen molar-refractivity contribution in [2.75, 3.05) is 0 Å². The lowest BCUT2D eigenvalue weighted by molar-refractivity contribution is -0.385. The number of carbonyl (C=O) groups excluding carboxylic acids is 1. The number of nitro groups is 1. The Morgan fingerprint density at radius 1 is 1.21 bits per heavy atom. The van der Waals surface area contributed by atoms with Crippen molar-refractivity contribution in [3.8, 4) is 5.69 Å². The summed E-state index contributed by atoms with van der Waals surface area (Å²) in [4.78, 5) is 22.7. The van der Waals surface area contributed by atoms with Gasteiger partial charge in [-0.25, -0.2) is 5.43 Å². The summed E-state index contributed by atoms with van der Waals surface area (Å²) < 4.78 is 3.27. The molecule has 0 fully saturated rings. The number of hydrazone groups is 1. The zero-order valence-corrected chi connectivity index (χ0v) is 18.1. The molecule has 1 amide bonds. The van der Waals surface area contributed by atoms with Crippen molar-refractivity contribution in [1.82, 2.24) is 9.99 Å². The number of amides is 1. The smallest absolute Gasteiger partial charge is 0.273 e. The lowest BCUT2D eigenvalue weighted by Crippen LogP contribution is -2.20. The minimum atomic E-state index is -0.495. The van der Waals surface area contributed by atoms with Gasteiger partial charge in [0.15, 0.2) is 0 Å². The van der Waals surface area contributed by atoms with E-state index < -0.39 is 10.8 Å². The number of carbonyl (C=O) groups is 1. The highest BCUT2D eigenvalue weighted by atomic mass is 127. The fourth-order valence-corrected chi connectivity index (χ4v) is 3.68. The van der Waals surface area contributed by atoms with Gasteiger partial charge in [-0.2, -0.15) is 5.10 Å². The van der Waals surface area contributed by atoms with Crippen LogP contribution in [0.3, 0.4) is 0 Å². The summed E-state index contributed by atoms with van der Waals surface area (Å²) >= 11 is 2.28. The molecule has 7 nitrogen and oxygen atoms in total. The van der Waals surface area contributed by atoms with E-state index >= 15 is 0 Å². The molecule has 0 aliphatic rings. The van der Waals surface area contributed by atoms with Crippen LogP contribution in [0, 0.1) is 27.5 Å². The first-order chi connectivity index (χ1) is 13.9. The van der Waals surface area contributed by atoms with Crippen LogP contribution in [0.2, 0.25) is 0 Å². The third-order valence-corrected chi connectivity index (χ3v) is 5.14. The van der Waals surface area contributed by atoms with Crippen LogP contribution in [0.5, 0.6) is 0 Å². The molecule has 0 saturated carbocycles. The van der Waals surface area contributed by atoms with E-state index in [-0.39, 0.29) is 12.1 Å². The Balaban J connectivity index is 1.72. The third kappa shape index (κ3) is 4.89. The first-order valence-corrected chi connectivity index (χ1v) is 9.94. The van der Waals surface area contributed by atoms with Crippen LogP contribution in [-0.4, -0.2) is 21.6 Å². The zero-order valence-electron chi connectivity index (χ0n) is 15.9. The van der Waals surface area contributed by atoms with Crippen molar-refractivity contribution in [2.24, 2.45) is 5.10 Å². The molecule has 1 aromatic heterocycles. The molecule has 0 atom stereocenters. The van der Waals surface area contributed by atoms with Crippen LogP contribution in [0.4, 0.5) is 5.69 Å². The topological polar surface area (TPSA) is 89.5 Å². The maximum absolute atomic E-state index is 12.1. The lowest BCUT2D eigenvalue weighted by Gasteiger charge is -2.09. The zero-order chi connectivity index (χ0) is 21.0. The maximum atomic E-state index is 12.1. The van der Waals surface area contributed by atoms with E-state index in [9.17, 15) is 14.9 Å². The number of hydrogen-bond donors (Lipinski definition) is 1. The Labute approximate surface area is 181 Å². The average molecular weight is 502 g/mol. The van der Waals surface area contributed by atoms with Gasteiger partial charge in [-0.05, 0) is 60.7 Å². The molecule has 0 saturated heterocycles. The second-order valence-electron chi connectivity index (χ2n) is 6.50. The number of nitro benzene ring substituents is 1. The first-order valence-electron chi connectivity index (χ1n) is 8.86. The predicted octanol–water partition coefficient (Wildman–Crippen LogP) is 4.30. The van der Waals surface area contributed by atoms with Gasteiger partial charge in [0.1, 0.15) is 0 Å². The van der Waals surface area contributed by atoms with Gasteiger partial charge in [0.05, 0.1) is 17.6 Å². The summed E-state index contributed by atoms with van der Waals surface area (Å²) in [7, 11) is 0. The van der Waals surface area contributed by atoms with Crippen LogP contribution in [0.25, 0.3) is 5.69 Å². The second-order valence-corrected chi connectivity index (χ2v) is 7.74.